The van der Waals surface area contributed by atoms with Crippen LogP contribution in [-0.4, -0.2) is 68.8 Å². The smallest absolute Gasteiger partial charge is 0.246 e. The maximum absolute atomic E-state index is 12.0. The molecule has 1 atom stereocenters. The summed E-state index contributed by atoms with van der Waals surface area (Å²) in [4.78, 5) is 26.9. The molecule has 1 aliphatic heterocycles. The number of carbonyl (C=O) groups is 1. The van der Waals surface area contributed by atoms with E-state index in [0.717, 1.165) is 10.9 Å². The maximum atomic E-state index is 12.0. The predicted molar refractivity (Wildman–Crippen MR) is 156 cm³/mol. The number of aryl methyl sites for hydroxylation is 1. The van der Waals surface area contributed by atoms with Gasteiger partial charge in [0.2, 0.25) is 5.91 Å². The zero-order chi connectivity index (χ0) is 29.2. The van der Waals surface area contributed by atoms with Crippen LogP contribution in [0.15, 0.2) is 67.9 Å². The minimum atomic E-state index is -0.179. The summed E-state index contributed by atoms with van der Waals surface area (Å²) >= 11 is 0. The lowest BCUT2D eigenvalue weighted by Gasteiger charge is -2.19. The summed E-state index contributed by atoms with van der Waals surface area (Å²) in [7, 11) is 3.18. The molecule has 2 aromatic carbocycles. The summed E-state index contributed by atoms with van der Waals surface area (Å²) in [6.07, 6.45) is 6.61. The van der Waals surface area contributed by atoms with Gasteiger partial charge < -0.3 is 29.2 Å². The molecule has 6 rings (SSSR count). The molecule has 12 heteroatoms. The van der Waals surface area contributed by atoms with Crippen LogP contribution in [0.2, 0.25) is 0 Å². The Labute approximate surface area is 241 Å². The van der Waals surface area contributed by atoms with Crippen LogP contribution in [0.25, 0.3) is 16.6 Å². The molecule has 1 amide bonds. The number of amides is 1. The van der Waals surface area contributed by atoms with Gasteiger partial charge in [-0.05, 0) is 36.8 Å². The van der Waals surface area contributed by atoms with E-state index in [1.54, 1.807) is 29.8 Å². The molecule has 0 bridgehead atoms. The fourth-order valence-electron chi connectivity index (χ4n) is 4.91. The van der Waals surface area contributed by atoms with Gasteiger partial charge in [0, 0.05) is 42.7 Å². The highest BCUT2D eigenvalue weighted by atomic mass is 16.5. The van der Waals surface area contributed by atoms with E-state index in [4.69, 9.17) is 18.9 Å². The molecular formula is C30H29N7O5. The first-order valence-corrected chi connectivity index (χ1v) is 13.3. The maximum Gasteiger partial charge on any atom is 0.246 e. The molecule has 0 saturated carbocycles. The number of likely N-dealkylation sites (tertiary alicyclic amines) is 1. The summed E-state index contributed by atoms with van der Waals surface area (Å²) in [5.74, 6) is 3.36. The molecule has 1 fully saturated rings. The van der Waals surface area contributed by atoms with Crippen molar-refractivity contribution in [2.24, 2.45) is 0 Å². The molecular weight excluding hydrogens is 538 g/mol. The van der Waals surface area contributed by atoms with E-state index in [0.29, 0.717) is 70.9 Å². The number of rotatable bonds is 9. The second-order valence-corrected chi connectivity index (χ2v) is 9.73. The molecule has 4 heterocycles. The van der Waals surface area contributed by atoms with Gasteiger partial charge in [-0.2, -0.15) is 5.10 Å². The van der Waals surface area contributed by atoms with Crippen molar-refractivity contribution in [3.8, 4) is 28.7 Å². The number of ether oxygens (including phenoxy) is 4. The van der Waals surface area contributed by atoms with Crippen molar-refractivity contribution in [2.75, 3.05) is 32.6 Å². The summed E-state index contributed by atoms with van der Waals surface area (Å²) in [5, 5.41) is 8.24. The van der Waals surface area contributed by atoms with E-state index >= 15 is 0 Å². The van der Waals surface area contributed by atoms with Gasteiger partial charge >= 0.3 is 0 Å². The zero-order valence-electron chi connectivity index (χ0n) is 23.4. The van der Waals surface area contributed by atoms with E-state index in [1.165, 1.54) is 18.7 Å². The number of hydrogen-bond acceptors (Lipinski definition) is 10. The molecule has 5 aromatic rings. The number of hydrogen-bond donors (Lipinski definition) is 1. The first kappa shape index (κ1) is 26.8. The highest BCUT2D eigenvalue weighted by Crippen LogP contribution is 2.39. The van der Waals surface area contributed by atoms with E-state index in [2.05, 4.69) is 31.9 Å². The van der Waals surface area contributed by atoms with Crippen molar-refractivity contribution in [2.45, 2.75) is 19.4 Å². The van der Waals surface area contributed by atoms with E-state index < -0.39 is 0 Å². The molecule has 3 aromatic heterocycles. The Morgan fingerprint density at radius 2 is 1.88 bits per heavy atom. The minimum absolute atomic E-state index is 0.108. The van der Waals surface area contributed by atoms with Crippen LogP contribution in [0.5, 0.6) is 28.7 Å². The van der Waals surface area contributed by atoms with Crippen molar-refractivity contribution in [1.82, 2.24) is 29.5 Å². The number of nitrogens with one attached hydrogen (secondary N) is 1. The number of methoxy groups -OCH3 is 2. The lowest BCUT2D eigenvalue weighted by molar-refractivity contribution is -0.125. The number of nitrogens with zero attached hydrogens (tertiary/aromatic N) is 6. The Kier molecular flexibility index (Phi) is 7.17. The van der Waals surface area contributed by atoms with Gasteiger partial charge in [-0.3, -0.25) is 4.79 Å². The second-order valence-electron chi connectivity index (χ2n) is 9.73. The molecule has 0 spiro atoms. The van der Waals surface area contributed by atoms with Crippen LogP contribution in [0.4, 0.5) is 11.5 Å². The van der Waals surface area contributed by atoms with Gasteiger partial charge in [0.25, 0.3) is 0 Å². The summed E-state index contributed by atoms with van der Waals surface area (Å²) < 4.78 is 25.5. The molecule has 1 saturated heterocycles. The van der Waals surface area contributed by atoms with Crippen LogP contribution in [0.3, 0.4) is 0 Å². The Hall–Kier alpha value is -5.39. The Morgan fingerprint density at radius 3 is 2.69 bits per heavy atom. The second kappa shape index (κ2) is 11.2. The number of fused-ring (bicyclic) bond motifs is 2. The first-order chi connectivity index (χ1) is 20.4. The quantitative estimate of drug-likeness (QED) is 0.251. The summed E-state index contributed by atoms with van der Waals surface area (Å²) in [6, 6.07) is 11.1. The van der Waals surface area contributed by atoms with Gasteiger partial charge in [-0.15, -0.1) is 0 Å². The highest BCUT2D eigenvalue weighted by Gasteiger charge is 2.27. The summed E-state index contributed by atoms with van der Waals surface area (Å²) in [6.45, 7) is 6.60. The first-order valence-electron chi connectivity index (χ1n) is 13.3. The predicted octanol–water partition coefficient (Wildman–Crippen LogP) is 4.70. The molecule has 42 heavy (non-hydrogen) atoms. The third kappa shape index (κ3) is 5.21. The number of carbonyl (C=O) groups excluding carboxylic acids is 1. The Balaban J connectivity index is 1.28. The number of benzene rings is 2. The molecule has 0 radical (unpaired) electrons. The van der Waals surface area contributed by atoms with Crippen molar-refractivity contribution in [3.63, 3.8) is 0 Å². The highest BCUT2D eigenvalue weighted by molar-refractivity contribution is 5.93. The van der Waals surface area contributed by atoms with Gasteiger partial charge in [0.1, 0.15) is 41.8 Å². The van der Waals surface area contributed by atoms with E-state index in [-0.39, 0.29) is 12.0 Å². The van der Waals surface area contributed by atoms with Crippen LogP contribution >= 0.6 is 0 Å². The van der Waals surface area contributed by atoms with Crippen molar-refractivity contribution < 1.29 is 23.7 Å². The molecule has 1 aliphatic rings. The van der Waals surface area contributed by atoms with Gasteiger partial charge in [-0.1, -0.05) is 6.58 Å². The van der Waals surface area contributed by atoms with Crippen LogP contribution < -0.4 is 24.3 Å². The van der Waals surface area contributed by atoms with Crippen LogP contribution in [0, 0.1) is 6.92 Å². The van der Waals surface area contributed by atoms with Crippen molar-refractivity contribution in [1.29, 1.82) is 0 Å². The Bertz CT molecular complexity index is 1800. The van der Waals surface area contributed by atoms with E-state index in [1.807, 2.05) is 43.3 Å². The van der Waals surface area contributed by atoms with Gasteiger partial charge in [-0.25, -0.2) is 19.5 Å². The lowest BCUT2D eigenvalue weighted by atomic mass is 10.1. The molecule has 214 valence electrons. The Morgan fingerprint density at radius 1 is 1.02 bits per heavy atom. The summed E-state index contributed by atoms with van der Waals surface area (Å²) in [5.41, 5.74) is 2.93. The number of anilines is 2. The van der Waals surface area contributed by atoms with Gasteiger partial charge in [0.15, 0.2) is 17.1 Å². The average molecular weight is 568 g/mol. The SMILES string of the molecule is C=CC(=O)N1CCC(Oc2cc3c(Nc4cc(C)c(Oc5ccn6ncnc6c5)cc4OC)ncnc3cc2OC)C1. The number of aromatic nitrogens is 5. The van der Waals surface area contributed by atoms with Crippen LogP contribution in [0.1, 0.15) is 12.0 Å². The fourth-order valence-corrected chi connectivity index (χ4v) is 4.91. The topological polar surface area (TPSA) is 125 Å². The number of pyridine rings is 1. The van der Waals surface area contributed by atoms with Crippen molar-refractivity contribution >= 4 is 34.0 Å². The average Bonchev–Trinajstić information content (AvgIpc) is 3.67. The molecule has 0 aliphatic carbocycles. The largest absolute Gasteiger partial charge is 0.494 e. The molecule has 1 N–H and O–H groups in total. The molecule has 1 unspecified atom stereocenters. The van der Waals surface area contributed by atoms with Crippen molar-refractivity contribution in [3.05, 3.63) is 73.5 Å². The minimum Gasteiger partial charge on any atom is -0.494 e. The van der Waals surface area contributed by atoms with Gasteiger partial charge in [0.05, 0.1) is 32.0 Å². The standard InChI is InChI=1S/C30H29N7O5/c1-5-29(38)36-8-6-20(15-36)42-27-12-21-22(13-26(27)40-4)31-16-33-30(21)35-23-10-18(2)24(14-25(23)39-3)41-19-7-9-37-28(11-19)32-17-34-37/h5,7,9-14,16-17,20H,1,6,8,15H2,2-4H3,(H,31,33,35). The lowest BCUT2D eigenvalue weighted by Crippen LogP contribution is -2.29. The normalized spacial score (nSPS) is 14.6. The van der Waals surface area contributed by atoms with Crippen LogP contribution in [-0.2, 0) is 4.79 Å². The zero-order valence-corrected chi connectivity index (χ0v) is 23.4. The third-order valence-electron chi connectivity index (χ3n) is 7.08. The molecule has 12 nitrogen and oxygen atoms in total. The fraction of sp³-hybridized carbons (Fsp3) is 0.233. The van der Waals surface area contributed by atoms with E-state index in [9.17, 15) is 4.79 Å². The third-order valence-corrected chi connectivity index (χ3v) is 7.08. The monoisotopic (exact) mass is 567 g/mol.